The summed E-state index contributed by atoms with van der Waals surface area (Å²) in [5, 5.41) is 9.40. The summed E-state index contributed by atoms with van der Waals surface area (Å²) in [5.41, 5.74) is -2.38. The monoisotopic (exact) mass is 606 g/mol. The molecule has 1 saturated carbocycles. The smallest absolute Gasteiger partial charge is 0.434 e. The molecule has 0 unspecified atom stereocenters. The van der Waals surface area contributed by atoms with Gasteiger partial charge in [-0.1, -0.05) is 6.07 Å². The van der Waals surface area contributed by atoms with E-state index in [1.54, 1.807) is 0 Å². The number of alkyl halides is 9. The van der Waals surface area contributed by atoms with Gasteiger partial charge in [-0.05, 0) is 57.2 Å². The Kier molecular flexibility index (Phi) is 8.12. The first-order valence-corrected chi connectivity index (χ1v) is 12.8. The molecule has 1 N–H and O–H groups in total. The number of piperidine rings is 1. The van der Waals surface area contributed by atoms with E-state index in [4.69, 9.17) is 4.74 Å². The Morgan fingerprint density at radius 3 is 2.02 bits per heavy atom. The van der Waals surface area contributed by atoms with Gasteiger partial charge in [-0.3, -0.25) is 9.69 Å². The van der Waals surface area contributed by atoms with Crippen LogP contribution in [-0.4, -0.2) is 77.2 Å². The predicted octanol–water partition coefficient (Wildman–Crippen LogP) is 6.01. The van der Waals surface area contributed by atoms with E-state index in [-0.39, 0.29) is 44.8 Å². The second-order valence-electron chi connectivity index (χ2n) is 10.8. The van der Waals surface area contributed by atoms with Crippen LogP contribution in [0.15, 0.2) is 18.2 Å². The van der Waals surface area contributed by atoms with Crippen molar-refractivity contribution in [2.45, 2.75) is 75.2 Å². The van der Waals surface area contributed by atoms with Crippen LogP contribution in [0.4, 0.5) is 44.3 Å². The molecule has 1 aliphatic carbocycles. The van der Waals surface area contributed by atoms with E-state index in [1.165, 1.54) is 6.07 Å². The maximum absolute atomic E-state index is 13.4. The van der Waals surface area contributed by atoms with Gasteiger partial charge in [0.2, 0.25) is 0 Å². The van der Waals surface area contributed by atoms with Crippen LogP contribution in [0.5, 0.6) is 5.75 Å². The summed E-state index contributed by atoms with van der Waals surface area (Å²) in [6.07, 6.45) is -20.1. The molecule has 2 aliphatic heterocycles. The number of ether oxygens (including phenoxy) is 2. The van der Waals surface area contributed by atoms with Gasteiger partial charge < -0.3 is 19.5 Å². The molecule has 3 aliphatic rings. The summed E-state index contributed by atoms with van der Waals surface area (Å²) in [7, 11) is 0. The lowest BCUT2D eigenvalue weighted by molar-refractivity contribution is -0.308. The van der Waals surface area contributed by atoms with Crippen LogP contribution in [0.3, 0.4) is 0 Å². The Morgan fingerprint density at radius 2 is 1.51 bits per heavy atom. The summed E-state index contributed by atoms with van der Waals surface area (Å²) >= 11 is 0. The number of carbonyl (C=O) groups excluding carboxylic acids is 1. The van der Waals surface area contributed by atoms with Gasteiger partial charge in [-0.25, -0.2) is 4.79 Å². The fourth-order valence-electron chi connectivity index (χ4n) is 5.40. The maximum atomic E-state index is 13.4. The van der Waals surface area contributed by atoms with Crippen LogP contribution in [0.25, 0.3) is 0 Å². The van der Waals surface area contributed by atoms with E-state index in [2.05, 4.69) is 4.74 Å². The third-order valence-electron chi connectivity index (χ3n) is 8.07. The van der Waals surface area contributed by atoms with Crippen LogP contribution in [0.1, 0.15) is 49.7 Å². The molecule has 0 aromatic heterocycles. The Morgan fingerprint density at radius 1 is 0.902 bits per heavy atom. The van der Waals surface area contributed by atoms with E-state index in [1.807, 2.05) is 4.90 Å². The van der Waals surface area contributed by atoms with E-state index in [0.717, 1.165) is 17.0 Å². The molecule has 0 atom stereocenters. The van der Waals surface area contributed by atoms with Crippen molar-refractivity contribution in [3.05, 3.63) is 29.3 Å². The molecule has 230 valence electrons. The number of hydrogen-bond donors (Lipinski definition) is 1. The first kappa shape index (κ1) is 31.0. The minimum atomic E-state index is -5.84. The van der Waals surface area contributed by atoms with Crippen molar-refractivity contribution >= 4 is 12.1 Å². The fourth-order valence-corrected chi connectivity index (χ4v) is 5.40. The number of amides is 1. The highest BCUT2D eigenvalue weighted by Crippen LogP contribution is 2.47. The number of carbonyl (C=O) groups is 2. The summed E-state index contributed by atoms with van der Waals surface area (Å²) < 4.78 is 126. The molecule has 1 aromatic rings. The van der Waals surface area contributed by atoms with Crippen LogP contribution < -0.4 is 4.74 Å². The van der Waals surface area contributed by atoms with Crippen LogP contribution >= 0.6 is 0 Å². The van der Waals surface area contributed by atoms with Crippen molar-refractivity contribution in [2.75, 3.05) is 26.2 Å². The topological polar surface area (TPSA) is 79.3 Å². The lowest BCUT2D eigenvalue weighted by atomic mass is 9.84. The highest BCUT2D eigenvalue weighted by Gasteiger charge is 2.60. The van der Waals surface area contributed by atoms with E-state index in [0.29, 0.717) is 37.8 Å². The lowest BCUT2D eigenvalue weighted by Crippen LogP contribution is -2.54. The number of rotatable bonds is 7. The van der Waals surface area contributed by atoms with E-state index < -0.39 is 53.2 Å². The molecule has 3 fully saturated rings. The van der Waals surface area contributed by atoms with Gasteiger partial charge in [0.05, 0.1) is 5.56 Å². The molecule has 41 heavy (non-hydrogen) atoms. The molecule has 1 spiro atoms. The van der Waals surface area contributed by atoms with Gasteiger partial charge >= 0.3 is 30.6 Å². The minimum Gasteiger partial charge on any atom is -0.492 e. The summed E-state index contributed by atoms with van der Waals surface area (Å²) in [4.78, 5) is 26.4. The summed E-state index contributed by atoms with van der Waals surface area (Å²) in [6, 6.07) is 2.93. The third-order valence-corrected chi connectivity index (χ3v) is 8.07. The quantitative estimate of drug-likeness (QED) is 0.384. The Labute approximate surface area is 228 Å². The van der Waals surface area contributed by atoms with Crippen molar-refractivity contribution in [3.8, 4) is 5.75 Å². The molecular formula is C25H27F9N2O5. The first-order valence-electron chi connectivity index (χ1n) is 12.8. The molecule has 1 aromatic carbocycles. The van der Waals surface area contributed by atoms with Crippen LogP contribution in [0.2, 0.25) is 0 Å². The number of carboxylic acid groups (broad SMARTS) is 1. The highest BCUT2D eigenvalue weighted by molar-refractivity contribution is 5.78. The number of aliphatic carboxylic acids is 1. The van der Waals surface area contributed by atoms with Gasteiger partial charge in [0.1, 0.15) is 17.8 Å². The molecule has 2 saturated heterocycles. The number of hydrogen-bond acceptors (Lipinski definition) is 5. The summed E-state index contributed by atoms with van der Waals surface area (Å²) in [6.45, 7) is -0.0867. The zero-order valence-corrected chi connectivity index (χ0v) is 21.5. The molecular weight excluding hydrogens is 579 g/mol. The van der Waals surface area contributed by atoms with Gasteiger partial charge in [0, 0.05) is 30.7 Å². The van der Waals surface area contributed by atoms with Crippen molar-refractivity contribution in [3.63, 3.8) is 0 Å². The maximum Gasteiger partial charge on any atom is 0.434 e. The van der Waals surface area contributed by atoms with Crippen molar-refractivity contribution in [1.82, 2.24) is 9.80 Å². The second-order valence-corrected chi connectivity index (χ2v) is 10.8. The zero-order chi connectivity index (χ0) is 30.4. The Bertz CT molecular complexity index is 1130. The second kappa shape index (κ2) is 10.7. The van der Waals surface area contributed by atoms with Gasteiger partial charge in [0.25, 0.3) is 6.10 Å². The van der Waals surface area contributed by atoms with Gasteiger partial charge in [-0.2, -0.15) is 39.5 Å². The fraction of sp³-hybridized carbons (Fsp3) is 0.680. The molecule has 7 nitrogen and oxygen atoms in total. The number of nitrogens with zero attached hydrogens (tertiary/aromatic N) is 2. The van der Waals surface area contributed by atoms with Gasteiger partial charge in [-0.15, -0.1) is 0 Å². The van der Waals surface area contributed by atoms with Crippen LogP contribution in [-0.2, 0) is 22.3 Å². The van der Waals surface area contributed by atoms with Crippen molar-refractivity contribution in [1.29, 1.82) is 0 Å². The first-order chi connectivity index (χ1) is 18.9. The SMILES string of the molecule is O=C(OC(C(F)(F)F)C(F)(F)F)N1CCC2(CCCN2Cc2ccc(C(F)(F)F)cc2OCC2(C(=O)O)CC2)CC1. The molecule has 0 radical (unpaired) electrons. The third kappa shape index (κ3) is 6.78. The number of benzene rings is 1. The van der Waals surface area contributed by atoms with E-state index in [9.17, 15) is 54.2 Å². The average Bonchev–Trinajstić information content (AvgIpc) is 3.57. The molecule has 1 amide bonds. The largest absolute Gasteiger partial charge is 0.492 e. The standard InChI is InChI=1S/C25H27F9N2O5/c26-23(27,28)16-3-2-15(17(12-16)40-14-21(5-6-21)19(37)38)13-36-9-1-4-22(36)7-10-35(11-8-22)20(39)41-18(24(29,30)31)25(32,33)34/h2-3,12,18H,1,4-11,13-14H2,(H,37,38). The zero-order valence-electron chi connectivity index (χ0n) is 21.5. The Hall–Kier alpha value is -2.91. The van der Waals surface area contributed by atoms with Gasteiger partial charge in [0.15, 0.2) is 0 Å². The van der Waals surface area contributed by atoms with E-state index >= 15 is 0 Å². The highest BCUT2D eigenvalue weighted by atomic mass is 19.4. The molecule has 4 rings (SSSR count). The minimum absolute atomic E-state index is 0.0994. The predicted molar refractivity (Wildman–Crippen MR) is 122 cm³/mol. The lowest BCUT2D eigenvalue weighted by Gasteiger charge is -2.45. The van der Waals surface area contributed by atoms with Crippen LogP contribution in [0, 0.1) is 5.41 Å². The summed E-state index contributed by atoms with van der Waals surface area (Å²) in [5.74, 6) is -1.23. The Balaban J connectivity index is 1.46. The molecule has 16 heteroatoms. The molecule has 2 heterocycles. The average molecular weight is 606 g/mol. The number of likely N-dealkylation sites (tertiary alicyclic amines) is 2. The molecule has 0 bridgehead atoms. The van der Waals surface area contributed by atoms with Crippen molar-refractivity contribution < 1.29 is 63.7 Å². The van der Waals surface area contributed by atoms with Crippen molar-refractivity contribution in [2.24, 2.45) is 5.41 Å². The number of carboxylic acids is 1. The normalized spacial score (nSPS) is 20.9. The number of halogens is 9.